The Morgan fingerprint density at radius 3 is 2.78 bits per heavy atom. The van der Waals surface area contributed by atoms with Gasteiger partial charge in [-0.2, -0.15) is 0 Å². The van der Waals surface area contributed by atoms with Crippen molar-refractivity contribution in [3.63, 3.8) is 0 Å². The number of amides is 1. The highest BCUT2D eigenvalue weighted by molar-refractivity contribution is 8.27. The molecule has 27 heavy (non-hydrogen) atoms. The third-order valence-electron chi connectivity index (χ3n) is 3.72. The van der Waals surface area contributed by atoms with E-state index in [-0.39, 0.29) is 5.91 Å². The largest absolute Gasteiger partial charge is 0.493 e. The Hall–Kier alpha value is -2.64. The van der Waals surface area contributed by atoms with Crippen LogP contribution in [0.2, 0.25) is 0 Å². The second-order valence-corrected chi connectivity index (χ2v) is 7.15. The van der Waals surface area contributed by atoms with E-state index in [1.807, 2.05) is 6.07 Å². The Kier molecular flexibility index (Phi) is 5.93. The molecule has 1 saturated heterocycles. The van der Waals surface area contributed by atoms with Crippen LogP contribution in [-0.2, 0) is 4.79 Å². The molecule has 0 N–H and O–H groups in total. The standard InChI is InChI=1S/C20H16FNO3S2/c1-3-10-25-18-13(6-4-9-16(18)24-2)11-17-19(23)22(20(26)27-17)15-8-5-7-14(21)12-15/h3-9,11-12H,1,10H2,2H3/b17-11+. The topological polar surface area (TPSA) is 38.8 Å². The third-order valence-corrected chi connectivity index (χ3v) is 5.02. The number of methoxy groups -OCH3 is 1. The fourth-order valence-corrected chi connectivity index (χ4v) is 3.84. The first kappa shape index (κ1) is 19.1. The fraction of sp³-hybridized carbons (Fsp3) is 0.100. The van der Waals surface area contributed by atoms with Crippen molar-refractivity contribution in [1.29, 1.82) is 0 Å². The van der Waals surface area contributed by atoms with Gasteiger partial charge in [0.1, 0.15) is 12.4 Å². The molecule has 0 unspecified atom stereocenters. The predicted octanol–water partition coefficient (Wildman–Crippen LogP) is 4.80. The maximum Gasteiger partial charge on any atom is 0.270 e. The minimum absolute atomic E-state index is 0.297. The van der Waals surface area contributed by atoms with E-state index in [1.165, 1.54) is 23.1 Å². The molecule has 0 spiro atoms. The number of carbonyl (C=O) groups excluding carboxylic acids is 1. The summed E-state index contributed by atoms with van der Waals surface area (Å²) >= 11 is 6.48. The summed E-state index contributed by atoms with van der Waals surface area (Å²) in [5.41, 5.74) is 1.07. The monoisotopic (exact) mass is 401 g/mol. The van der Waals surface area contributed by atoms with Gasteiger partial charge in [0, 0.05) is 5.56 Å². The van der Waals surface area contributed by atoms with Crippen molar-refractivity contribution < 1.29 is 18.7 Å². The molecule has 1 aliphatic rings. The summed E-state index contributed by atoms with van der Waals surface area (Å²) in [4.78, 5) is 14.6. The molecule has 1 fully saturated rings. The van der Waals surface area contributed by atoms with Crippen LogP contribution in [0, 0.1) is 5.82 Å². The Morgan fingerprint density at radius 1 is 1.30 bits per heavy atom. The first-order valence-electron chi connectivity index (χ1n) is 7.99. The minimum atomic E-state index is -0.432. The van der Waals surface area contributed by atoms with Gasteiger partial charge in [-0.3, -0.25) is 9.69 Å². The highest BCUT2D eigenvalue weighted by atomic mass is 32.2. The summed E-state index contributed by atoms with van der Waals surface area (Å²) in [5.74, 6) is 0.314. The normalized spacial score (nSPS) is 15.3. The van der Waals surface area contributed by atoms with Crippen molar-refractivity contribution in [2.75, 3.05) is 18.6 Å². The van der Waals surface area contributed by atoms with E-state index in [1.54, 1.807) is 37.5 Å². The molecule has 7 heteroatoms. The molecule has 0 aromatic heterocycles. The molecular formula is C20H16FNO3S2. The number of carbonyl (C=O) groups is 1. The van der Waals surface area contributed by atoms with Crippen molar-refractivity contribution in [3.8, 4) is 11.5 Å². The van der Waals surface area contributed by atoms with E-state index < -0.39 is 5.82 Å². The number of hydrogen-bond acceptors (Lipinski definition) is 5. The van der Waals surface area contributed by atoms with Crippen molar-refractivity contribution >= 4 is 46.0 Å². The number of halogens is 1. The Morgan fingerprint density at radius 2 is 2.07 bits per heavy atom. The van der Waals surface area contributed by atoms with E-state index in [2.05, 4.69) is 6.58 Å². The number of anilines is 1. The quantitative estimate of drug-likeness (QED) is 0.395. The lowest BCUT2D eigenvalue weighted by atomic mass is 10.1. The SMILES string of the molecule is C=CCOc1c(/C=C2/SC(=S)N(c3cccc(F)c3)C2=O)cccc1OC. The zero-order valence-corrected chi connectivity index (χ0v) is 16.1. The zero-order chi connectivity index (χ0) is 19.4. The maximum absolute atomic E-state index is 13.5. The highest BCUT2D eigenvalue weighted by Crippen LogP contribution is 2.39. The molecule has 138 valence electrons. The minimum Gasteiger partial charge on any atom is -0.493 e. The number of thiocarbonyl (C=S) groups is 1. The molecule has 0 bridgehead atoms. The predicted molar refractivity (Wildman–Crippen MR) is 111 cm³/mol. The van der Waals surface area contributed by atoms with Crippen LogP contribution in [0.15, 0.2) is 60.0 Å². The van der Waals surface area contributed by atoms with Gasteiger partial charge in [0.25, 0.3) is 5.91 Å². The number of ether oxygens (including phenoxy) is 2. The van der Waals surface area contributed by atoms with Crippen molar-refractivity contribution in [2.45, 2.75) is 0 Å². The number of para-hydroxylation sites is 1. The third kappa shape index (κ3) is 4.04. The summed E-state index contributed by atoms with van der Waals surface area (Å²) in [7, 11) is 1.54. The molecule has 1 amide bonds. The molecule has 0 atom stereocenters. The van der Waals surface area contributed by atoms with E-state index >= 15 is 0 Å². The average Bonchev–Trinajstić information content (AvgIpc) is 2.93. The van der Waals surface area contributed by atoms with Gasteiger partial charge >= 0.3 is 0 Å². The number of benzene rings is 2. The van der Waals surface area contributed by atoms with Gasteiger partial charge in [-0.15, -0.1) is 0 Å². The van der Waals surface area contributed by atoms with Gasteiger partial charge in [0.2, 0.25) is 0 Å². The van der Waals surface area contributed by atoms with Crippen LogP contribution < -0.4 is 14.4 Å². The fourth-order valence-electron chi connectivity index (χ4n) is 2.55. The number of rotatable bonds is 6. The molecule has 4 nitrogen and oxygen atoms in total. The average molecular weight is 401 g/mol. The lowest BCUT2D eigenvalue weighted by Gasteiger charge is -2.14. The van der Waals surface area contributed by atoms with Crippen LogP contribution in [0.25, 0.3) is 6.08 Å². The maximum atomic E-state index is 13.5. The molecular weight excluding hydrogens is 385 g/mol. The molecule has 0 radical (unpaired) electrons. The Bertz CT molecular complexity index is 943. The van der Waals surface area contributed by atoms with Gasteiger partial charge < -0.3 is 9.47 Å². The van der Waals surface area contributed by atoms with E-state index in [0.29, 0.717) is 38.6 Å². The van der Waals surface area contributed by atoms with E-state index in [9.17, 15) is 9.18 Å². The van der Waals surface area contributed by atoms with Crippen LogP contribution in [0.4, 0.5) is 10.1 Å². The number of nitrogens with zero attached hydrogens (tertiary/aromatic N) is 1. The first-order chi connectivity index (χ1) is 13.0. The Balaban J connectivity index is 1.98. The van der Waals surface area contributed by atoms with Crippen molar-refractivity contribution in [1.82, 2.24) is 0 Å². The van der Waals surface area contributed by atoms with Crippen LogP contribution in [0.5, 0.6) is 11.5 Å². The molecule has 1 heterocycles. The van der Waals surface area contributed by atoms with Crippen LogP contribution in [0.3, 0.4) is 0 Å². The summed E-state index contributed by atoms with van der Waals surface area (Å²) in [6.45, 7) is 3.94. The summed E-state index contributed by atoms with van der Waals surface area (Å²) in [6.07, 6.45) is 3.32. The lowest BCUT2D eigenvalue weighted by Crippen LogP contribution is -2.27. The summed E-state index contributed by atoms with van der Waals surface area (Å²) in [6, 6.07) is 11.2. The van der Waals surface area contributed by atoms with Crippen molar-refractivity contribution in [3.05, 3.63) is 71.4 Å². The molecule has 2 aromatic rings. The molecule has 0 saturated carbocycles. The highest BCUT2D eigenvalue weighted by Gasteiger charge is 2.33. The number of hydrogen-bond donors (Lipinski definition) is 0. The van der Waals surface area contributed by atoms with E-state index in [4.69, 9.17) is 21.7 Å². The lowest BCUT2D eigenvalue weighted by molar-refractivity contribution is -0.113. The van der Waals surface area contributed by atoms with Crippen LogP contribution >= 0.6 is 24.0 Å². The number of thioether (sulfide) groups is 1. The van der Waals surface area contributed by atoms with Gasteiger partial charge in [0.05, 0.1) is 17.7 Å². The zero-order valence-electron chi connectivity index (χ0n) is 14.5. The first-order valence-corrected chi connectivity index (χ1v) is 9.22. The molecule has 1 aliphatic heterocycles. The summed E-state index contributed by atoms with van der Waals surface area (Å²) in [5, 5.41) is 0. The van der Waals surface area contributed by atoms with Crippen LogP contribution in [-0.4, -0.2) is 23.9 Å². The Labute approximate surface area is 166 Å². The van der Waals surface area contributed by atoms with Gasteiger partial charge in [-0.05, 0) is 30.3 Å². The van der Waals surface area contributed by atoms with Gasteiger partial charge in [-0.25, -0.2) is 4.39 Å². The van der Waals surface area contributed by atoms with Gasteiger partial charge in [0.15, 0.2) is 15.8 Å². The second-order valence-electron chi connectivity index (χ2n) is 5.48. The van der Waals surface area contributed by atoms with Gasteiger partial charge in [-0.1, -0.05) is 54.8 Å². The second kappa shape index (κ2) is 8.37. The molecule has 3 rings (SSSR count). The van der Waals surface area contributed by atoms with Crippen LogP contribution in [0.1, 0.15) is 5.56 Å². The molecule has 2 aromatic carbocycles. The smallest absolute Gasteiger partial charge is 0.270 e. The summed E-state index contributed by atoms with van der Waals surface area (Å²) < 4.78 is 24.9. The molecule has 0 aliphatic carbocycles. The van der Waals surface area contributed by atoms with E-state index in [0.717, 1.165) is 11.8 Å². The van der Waals surface area contributed by atoms with Crippen molar-refractivity contribution in [2.24, 2.45) is 0 Å².